The van der Waals surface area contributed by atoms with Crippen LogP contribution in [0.5, 0.6) is 0 Å². The molecule has 0 aromatic heterocycles. The van der Waals surface area contributed by atoms with Gasteiger partial charge in [-0.3, -0.25) is 0 Å². The Kier molecular flexibility index (Phi) is 5.12. The van der Waals surface area contributed by atoms with E-state index in [1.165, 1.54) is 11.2 Å². The second kappa shape index (κ2) is 5.95. The van der Waals surface area contributed by atoms with Crippen LogP contribution in [0.4, 0.5) is 4.79 Å². The second-order valence-electron chi connectivity index (χ2n) is 4.01. The average molecular weight is 280 g/mol. The molecular formula is C10H20N2O3S2. The van der Waals surface area contributed by atoms with Crippen molar-refractivity contribution in [3.63, 3.8) is 0 Å². The molecule has 0 bridgehead atoms. The Labute approximate surface area is 107 Å². The van der Waals surface area contributed by atoms with E-state index < -0.39 is 15.2 Å². The summed E-state index contributed by atoms with van der Waals surface area (Å²) in [6.07, 6.45) is 1.20. The van der Waals surface area contributed by atoms with E-state index >= 15 is 0 Å². The third kappa shape index (κ3) is 3.51. The molecule has 0 spiro atoms. The smallest absolute Gasteiger partial charge is 0.321 e. The van der Waals surface area contributed by atoms with Crippen LogP contribution in [-0.4, -0.2) is 67.0 Å². The van der Waals surface area contributed by atoms with Gasteiger partial charge in [-0.15, -0.1) is 0 Å². The maximum Gasteiger partial charge on any atom is 0.321 e. The Balaban J connectivity index is 2.88. The fraction of sp³-hybridized carbons (Fsp3) is 0.900. The highest BCUT2D eigenvalue weighted by Gasteiger charge is 2.35. The lowest BCUT2D eigenvalue weighted by molar-refractivity contribution is 0.156. The van der Waals surface area contributed by atoms with Gasteiger partial charge in [0, 0.05) is 37.4 Å². The molecule has 0 saturated carbocycles. The van der Waals surface area contributed by atoms with E-state index in [4.69, 9.17) is 0 Å². The Hall–Kier alpha value is -0.430. The van der Waals surface area contributed by atoms with Crippen LogP contribution in [0.1, 0.15) is 13.8 Å². The number of rotatable bonds is 3. The second-order valence-corrected chi connectivity index (χ2v) is 7.36. The maximum atomic E-state index is 12.2. The molecule has 0 aromatic rings. The predicted octanol–water partition coefficient (Wildman–Crippen LogP) is 0.868. The van der Waals surface area contributed by atoms with Gasteiger partial charge in [0.2, 0.25) is 0 Å². The first-order valence-corrected chi connectivity index (χ1v) is 8.84. The van der Waals surface area contributed by atoms with Crippen molar-refractivity contribution in [3.8, 4) is 0 Å². The van der Waals surface area contributed by atoms with Crippen molar-refractivity contribution in [2.45, 2.75) is 19.2 Å². The number of hydrogen-bond acceptors (Lipinski definition) is 4. The molecular weight excluding hydrogens is 260 g/mol. The van der Waals surface area contributed by atoms with Crippen LogP contribution >= 0.6 is 11.8 Å². The third-order valence-electron chi connectivity index (χ3n) is 2.86. The molecule has 0 aliphatic carbocycles. The van der Waals surface area contributed by atoms with Crippen LogP contribution in [0, 0.1) is 0 Å². The van der Waals surface area contributed by atoms with Crippen LogP contribution < -0.4 is 0 Å². The lowest BCUT2D eigenvalue weighted by atomic mass is 10.4. The molecule has 0 N–H and O–H groups in total. The number of urea groups is 1. The SMILES string of the molecule is CCN(CC)C(=O)N1CCSCC1S(C)(=O)=O. The summed E-state index contributed by atoms with van der Waals surface area (Å²) in [7, 11) is -3.21. The number of hydrogen-bond donors (Lipinski definition) is 0. The van der Waals surface area contributed by atoms with Crippen molar-refractivity contribution >= 4 is 27.6 Å². The van der Waals surface area contributed by atoms with Crippen LogP contribution in [-0.2, 0) is 9.84 Å². The van der Waals surface area contributed by atoms with Crippen molar-refractivity contribution in [1.29, 1.82) is 0 Å². The molecule has 1 aliphatic rings. The molecule has 1 unspecified atom stereocenters. The highest BCUT2D eigenvalue weighted by Crippen LogP contribution is 2.21. The van der Waals surface area contributed by atoms with Crippen molar-refractivity contribution < 1.29 is 13.2 Å². The minimum absolute atomic E-state index is 0.161. The van der Waals surface area contributed by atoms with Crippen molar-refractivity contribution in [2.75, 3.05) is 37.4 Å². The Morgan fingerprint density at radius 3 is 2.47 bits per heavy atom. The molecule has 7 heteroatoms. The monoisotopic (exact) mass is 280 g/mol. The van der Waals surface area contributed by atoms with E-state index in [9.17, 15) is 13.2 Å². The topological polar surface area (TPSA) is 57.7 Å². The summed E-state index contributed by atoms with van der Waals surface area (Å²) in [6, 6.07) is -0.161. The number of carbonyl (C=O) groups excluding carboxylic acids is 1. The van der Waals surface area contributed by atoms with Gasteiger partial charge in [0.25, 0.3) is 0 Å². The first kappa shape index (κ1) is 14.6. The van der Waals surface area contributed by atoms with Crippen LogP contribution in [0.3, 0.4) is 0 Å². The van der Waals surface area contributed by atoms with Crippen LogP contribution in [0.15, 0.2) is 0 Å². The van der Waals surface area contributed by atoms with E-state index in [1.54, 1.807) is 16.7 Å². The van der Waals surface area contributed by atoms with E-state index in [0.29, 0.717) is 25.4 Å². The average Bonchev–Trinajstić information content (AvgIpc) is 2.29. The third-order valence-corrected chi connectivity index (χ3v) is 5.50. The zero-order valence-corrected chi connectivity index (χ0v) is 12.2. The lowest BCUT2D eigenvalue weighted by Gasteiger charge is -2.37. The quantitative estimate of drug-likeness (QED) is 0.769. The van der Waals surface area contributed by atoms with Gasteiger partial charge in [0.05, 0.1) is 0 Å². The Morgan fingerprint density at radius 2 is 2.00 bits per heavy atom. The van der Waals surface area contributed by atoms with Gasteiger partial charge in [0.1, 0.15) is 5.37 Å². The fourth-order valence-corrected chi connectivity index (χ4v) is 4.64. The molecule has 1 heterocycles. The van der Waals surface area contributed by atoms with E-state index in [1.807, 2.05) is 13.8 Å². The molecule has 1 aliphatic heterocycles. The molecule has 2 amide bonds. The summed E-state index contributed by atoms with van der Waals surface area (Å²) in [5, 5.41) is -0.672. The number of carbonyl (C=O) groups is 1. The summed E-state index contributed by atoms with van der Waals surface area (Å²) in [4.78, 5) is 15.4. The molecule has 100 valence electrons. The minimum atomic E-state index is -3.21. The summed E-state index contributed by atoms with van der Waals surface area (Å²) in [5.41, 5.74) is 0. The van der Waals surface area contributed by atoms with Crippen LogP contribution in [0.25, 0.3) is 0 Å². The van der Waals surface area contributed by atoms with Gasteiger partial charge in [-0.05, 0) is 13.8 Å². The van der Waals surface area contributed by atoms with Gasteiger partial charge in [0.15, 0.2) is 9.84 Å². The van der Waals surface area contributed by atoms with E-state index in [0.717, 1.165) is 5.75 Å². The van der Waals surface area contributed by atoms with E-state index in [-0.39, 0.29) is 6.03 Å². The molecule has 1 rings (SSSR count). The first-order chi connectivity index (χ1) is 7.91. The summed E-state index contributed by atoms with van der Waals surface area (Å²) in [6.45, 7) is 5.52. The molecule has 0 radical (unpaired) electrons. The molecule has 1 saturated heterocycles. The van der Waals surface area contributed by atoms with Gasteiger partial charge >= 0.3 is 6.03 Å². The van der Waals surface area contributed by atoms with Crippen molar-refractivity contribution in [3.05, 3.63) is 0 Å². The van der Waals surface area contributed by atoms with Gasteiger partial charge in [-0.25, -0.2) is 13.2 Å². The summed E-state index contributed by atoms with van der Waals surface area (Å²) >= 11 is 1.59. The zero-order chi connectivity index (χ0) is 13.1. The highest BCUT2D eigenvalue weighted by molar-refractivity contribution is 8.00. The number of sulfone groups is 1. The summed E-state index contributed by atoms with van der Waals surface area (Å²) < 4.78 is 23.3. The zero-order valence-electron chi connectivity index (χ0n) is 10.5. The molecule has 17 heavy (non-hydrogen) atoms. The standard InChI is InChI=1S/C10H20N2O3S2/c1-4-11(5-2)10(13)12-6-7-16-8-9(12)17(3,14)15/h9H,4-8H2,1-3H3. The molecule has 0 aromatic carbocycles. The largest absolute Gasteiger partial charge is 0.325 e. The normalized spacial score (nSPS) is 21.4. The van der Waals surface area contributed by atoms with Gasteiger partial charge in [-0.1, -0.05) is 0 Å². The predicted molar refractivity (Wildman–Crippen MR) is 71.0 cm³/mol. The summed E-state index contributed by atoms with van der Waals surface area (Å²) in [5.74, 6) is 1.28. The van der Waals surface area contributed by atoms with Gasteiger partial charge in [-0.2, -0.15) is 11.8 Å². The number of nitrogens with zero attached hydrogens (tertiary/aromatic N) is 2. The fourth-order valence-electron chi connectivity index (χ4n) is 1.83. The minimum Gasteiger partial charge on any atom is -0.325 e. The molecule has 1 fully saturated rings. The maximum absolute atomic E-state index is 12.2. The number of thioether (sulfide) groups is 1. The first-order valence-electron chi connectivity index (χ1n) is 5.74. The molecule has 5 nitrogen and oxygen atoms in total. The van der Waals surface area contributed by atoms with Crippen molar-refractivity contribution in [1.82, 2.24) is 9.80 Å². The van der Waals surface area contributed by atoms with E-state index in [2.05, 4.69) is 0 Å². The Bertz CT molecular complexity index is 366. The Morgan fingerprint density at radius 1 is 1.41 bits per heavy atom. The molecule has 1 atom stereocenters. The van der Waals surface area contributed by atoms with Gasteiger partial charge < -0.3 is 9.80 Å². The highest BCUT2D eigenvalue weighted by atomic mass is 32.2. The van der Waals surface area contributed by atoms with Crippen molar-refractivity contribution in [2.24, 2.45) is 0 Å². The number of amides is 2. The lowest BCUT2D eigenvalue weighted by Crippen LogP contribution is -2.54. The van der Waals surface area contributed by atoms with Crippen LogP contribution in [0.2, 0.25) is 0 Å².